The molecule has 0 N–H and O–H groups in total. The molecule has 4 aromatic rings. The first-order valence-electron chi connectivity index (χ1n) is 9.96. The van der Waals surface area contributed by atoms with Crippen molar-refractivity contribution in [2.24, 2.45) is 4.99 Å². The van der Waals surface area contributed by atoms with Gasteiger partial charge in [0.05, 0.1) is 0 Å². The SMILES string of the molecule is CCN(CC)c1ccc2c(C)c(N=Cc3cccc4ccccc34)c(=O)oc2c1. The Hall–Kier alpha value is -3.40. The number of hydrogen-bond acceptors (Lipinski definition) is 4. The van der Waals surface area contributed by atoms with Gasteiger partial charge in [-0.3, -0.25) is 0 Å². The van der Waals surface area contributed by atoms with Gasteiger partial charge in [0.25, 0.3) is 0 Å². The molecule has 0 bridgehead atoms. The Balaban J connectivity index is 1.79. The highest BCUT2D eigenvalue weighted by Gasteiger charge is 2.12. The minimum Gasteiger partial charge on any atom is -0.421 e. The van der Waals surface area contributed by atoms with Crippen molar-refractivity contribution in [3.8, 4) is 0 Å². The third-order valence-corrected chi connectivity index (χ3v) is 5.41. The van der Waals surface area contributed by atoms with Gasteiger partial charge in [-0.05, 0) is 49.2 Å². The fourth-order valence-electron chi connectivity index (χ4n) is 3.77. The van der Waals surface area contributed by atoms with Crippen LogP contribution in [-0.2, 0) is 0 Å². The Kier molecular flexibility index (Phi) is 5.17. The van der Waals surface area contributed by atoms with Crippen molar-refractivity contribution >= 4 is 39.3 Å². The number of aryl methyl sites for hydroxylation is 1. The summed E-state index contributed by atoms with van der Waals surface area (Å²) in [5, 5.41) is 3.15. The van der Waals surface area contributed by atoms with E-state index < -0.39 is 5.63 Å². The Labute approximate surface area is 170 Å². The molecular weight excluding hydrogens is 360 g/mol. The summed E-state index contributed by atoms with van der Waals surface area (Å²) < 4.78 is 5.63. The predicted octanol–water partition coefficient (Wildman–Crippen LogP) is 5.85. The second-order valence-electron chi connectivity index (χ2n) is 7.04. The number of hydrogen-bond donors (Lipinski definition) is 0. The maximum atomic E-state index is 12.7. The molecule has 0 unspecified atom stereocenters. The number of nitrogens with zero attached hydrogens (tertiary/aromatic N) is 2. The highest BCUT2D eigenvalue weighted by atomic mass is 16.4. The summed E-state index contributed by atoms with van der Waals surface area (Å²) in [5.41, 5.74) is 3.39. The van der Waals surface area contributed by atoms with Crippen molar-refractivity contribution in [1.29, 1.82) is 0 Å². The van der Waals surface area contributed by atoms with E-state index in [0.717, 1.165) is 46.1 Å². The van der Waals surface area contributed by atoms with Gasteiger partial charge in [0.1, 0.15) is 5.58 Å². The molecule has 4 heteroatoms. The molecule has 0 fully saturated rings. The van der Waals surface area contributed by atoms with Crippen LogP contribution < -0.4 is 10.5 Å². The van der Waals surface area contributed by atoms with Crippen LogP contribution >= 0.6 is 0 Å². The number of fused-ring (bicyclic) bond motifs is 2. The molecule has 0 aliphatic carbocycles. The first kappa shape index (κ1) is 18.9. The van der Waals surface area contributed by atoms with E-state index in [0.29, 0.717) is 11.3 Å². The quantitative estimate of drug-likeness (QED) is 0.320. The maximum absolute atomic E-state index is 12.7. The molecule has 4 nitrogen and oxygen atoms in total. The summed E-state index contributed by atoms with van der Waals surface area (Å²) in [6, 6.07) is 20.2. The molecule has 29 heavy (non-hydrogen) atoms. The average molecular weight is 384 g/mol. The topological polar surface area (TPSA) is 45.8 Å². The van der Waals surface area contributed by atoms with E-state index in [1.54, 1.807) is 6.21 Å². The molecule has 0 aliphatic rings. The zero-order chi connectivity index (χ0) is 20.4. The van der Waals surface area contributed by atoms with Crippen LogP contribution in [-0.4, -0.2) is 19.3 Å². The molecule has 1 aromatic heterocycles. The van der Waals surface area contributed by atoms with Gasteiger partial charge >= 0.3 is 5.63 Å². The standard InChI is InChI=1S/C25H24N2O2/c1-4-27(5-2)20-13-14-21-17(3)24(25(28)29-23(21)15-20)26-16-19-11-8-10-18-9-6-7-12-22(18)19/h6-16H,4-5H2,1-3H3. The van der Waals surface area contributed by atoms with Gasteiger partial charge in [0.2, 0.25) is 0 Å². The van der Waals surface area contributed by atoms with Crippen molar-refractivity contribution in [2.75, 3.05) is 18.0 Å². The van der Waals surface area contributed by atoms with E-state index in [9.17, 15) is 4.79 Å². The lowest BCUT2D eigenvalue weighted by molar-refractivity contribution is 0.561. The molecule has 0 saturated heterocycles. The monoisotopic (exact) mass is 384 g/mol. The van der Waals surface area contributed by atoms with Crippen LogP contribution in [0.3, 0.4) is 0 Å². The molecule has 0 spiro atoms. The third kappa shape index (κ3) is 3.54. The van der Waals surface area contributed by atoms with Crippen LogP contribution in [0.2, 0.25) is 0 Å². The van der Waals surface area contributed by atoms with Gasteiger partial charge in [-0.1, -0.05) is 42.5 Å². The summed E-state index contributed by atoms with van der Waals surface area (Å²) in [5.74, 6) is 0. The lowest BCUT2D eigenvalue weighted by Crippen LogP contribution is -2.21. The fourth-order valence-corrected chi connectivity index (χ4v) is 3.77. The minimum absolute atomic E-state index is 0.348. The molecule has 0 radical (unpaired) electrons. The summed E-state index contributed by atoms with van der Waals surface area (Å²) in [6.07, 6.45) is 1.75. The molecule has 4 rings (SSSR count). The van der Waals surface area contributed by atoms with Crippen LogP contribution in [0.4, 0.5) is 11.4 Å². The second kappa shape index (κ2) is 7.92. The molecule has 146 valence electrons. The Morgan fingerprint density at radius 2 is 1.72 bits per heavy atom. The Bertz CT molecular complexity index is 1260. The first-order valence-corrected chi connectivity index (χ1v) is 9.96. The average Bonchev–Trinajstić information content (AvgIpc) is 2.74. The highest BCUT2D eigenvalue weighted by Crippen LogP contribution is 2.28. The van der Waals surface area contributed by atoms with Crippen molar-refractivity contribution in [3.63, 3.8) is 0 Å². The van der Waals surface area contributed by atoms with Gasteiger partial charge in [-0.15, -0.1) is 0 Å². The lowest BCUT2D eigenvalue weighted by Gasteiger charge is -2.21. The molecule has 0 amide bonds. The van der Waals surface area contributed by atoms with Gasteiger partial charge in [0.15, 0.2) is 5.69 Å². The minimum atomic E-state index is -0.414. The largest absolute Gasteiger partial charge is 0.421 e. The van der Waals surface area contributed by atoms with Crippen molar-refractivity contribution in [2.45, 2.75) is 20.8 Å². The van der Waals surface area contributed by atoms with E-state index in [-0.39, 0.29) is 0 Å². The summed E-state index contributed by atoms with van der Waals surface area (Å²) >= 11 is 0. The second-order valence-corrected chi connectivity index (χ2v) is 7.04. The van der Waals surface area contributed by atoms with Crippen LogP contribution in [0.5, 0.6) is 0 Å². The number of rotatable bonds is 5. The lowest BCUT2D eigenvalue weighted by atomic mass is 10.1. The molecule has 0 atom stereocenters. The number of benzene rings is 3. The molecular formula is C25H24N2O2. The smallest absolute Gasteiger partial charge is 0.362 e. The van der Waals surface area contributed by atoms with Crippen molar-refractivity contribution in [3.05, 3.63) is 82.2 Å². The molecule has 0 saturated carbocycles. The zero-order valence-electron chi connectivity index (χ0n) is 17.0. The van der Waals surface area contributed by atoms with Crippen molar-refractivity contribution in [1.82, 2.24) is 0 Å². The van der Waals surface area contributed by atoms with Crippen molar-refractivity contribution < 1.29 is 4.42 Å². The van der Waals surface area contributed by atoms with E-state index in [1.165, 1.54) is 0 Å². The molecule has 1 heterocycles. The predicted molar refractivity (Wildman–Crippen MR) is 122 cm³/mol. The van der Waals surface area contributed by atoms with Crippen LogP contribution in [0.25, 0.3) is 21.7 Å². The number of aliphatic imine (C=N–C) groups is 1. The van der Waals surface area contributed by atoms with E-state index >= 15 is 0 Å². The Morgan fingerprint density at radius 1 is 0.966 bits per heavy atom. The van der Waals surface area contributed by atoms with Gasteiger partial charge in [0, 0.05) is 42.0 Å². The van der Waals surface area contributed by atoms with Gasteiger partial charge in [-0.25, -0.2) is 9.79 Å². The summed E-state index contributed by atoms with van der Waals surface area (Å²) in [7, 11) is 0. The van der Waals surface area contributed by atoms with E-state index in [1.807, 2.05) is 43.3 Å². The number of anilines is 1. The highest BCUT2D eigenvalue weighted by molar-refractivity contribution is 6.00. The molecule has 3 aromatic carbocycles. The van der Waals surface area contributed by atoms with E-state index in [2.05, 4.69) is 48.0 Å². The van der Waals surface area contributed by atoms with E-state index in [4.69, 9.17) is 4.42 Å². The van der Waals surface area contributed by atoms with Gasteiger partial charge in [-0.2, -0.15) is 0 Å². The Morgan fingerprint density at radius 3 is 2.52 bits per heavy atom. The summed E-state index contributed by atoms with van der Waals surface area (Å²) in [6.45, 7) is 7.95. The normalized spacial score (nSPS) is 11.6. The molecule has 0 aliphatic heterocycles. The fraction of sp³-hybridized carbons (Fsp3) is 0.200. The van der Waals surface area contributed by atoms with Crippen LogP contribution in [0, 0.1) is 6.92 Å². The van der Waals surface area contributed by atoms with Gasteiger partial charge < -0.3 is 9.32 Å². The first-order chi connectivity index (χ1) is 14.1. The maximum Gasteiger partial charge on any atom is 0.362 e. The zero-order valence-corrected chi connectivity index (χ0v) is 17.0. The third-order valence-electron chi connectivity index (χ3n) is 5.41. The summed E-state index contributed by atoms with van der Waals surface area (Å²) in [4.78, 5) is 19.4. The van der Waals surface area contributed by atoms with Crippen LogP contribution in [0.15, 0.2) is 74.9 Å². The van der Waals surface area contributed by atoms with Crippen LogP contribution in [0.1, 0.15) is 25.0 Å².